The molecule has 0 saturated carbocycles. The summed E-state index contributed by atoms with van der Waals surface area (Å²) >= 11 is 1.16. The molecule has 0 fully saturated rings. The quantitative estimate of drug-likeness (QED) is 0.741. The fourth-order valence-electron chi connectivity index (χ4n) is 1.97. The predicted octanol–water partition coefficient (Wildman–Crippen LogP) is 2.20. The molecule has 3 aromatic rings. The highest BCUT2D eigenvalue weighted by Crippen LogP contribution is 2.21. The van der Waals surface area contributed by atoms with Crippen LogP contribution in [-0.4, -0.2) is 32.5 Å². The lowest BCUT2D eigenvalue weighted by Gasteiger charge is -2.11. The number of aliphatic hydroxyl groups excluding tert-OH is 1. The van der Waals surface area contributed by atoms with E-state index in [4.69, 9.17) is 0 Å². The molecule has 2 heterocycles. The lowest BCUT2D eigenvalue weighted by atomic mass is 10.1. The summed E-state index contributed by atoms with van der Waals surface area (Å²) < 4.78 is 12.9. The van der Waals surface area contributed by atoms with Gasteiger partial charge >= 0.3 is 0 Å². The minimum Gasteiger partial charge on any atom is -0.387 e. The van der Waals surface area contributed by atoms with Crippen molar-refractivity contribution in [2.45, 2.75) is 6.10 Å². The van der Waals surface area contributed by atoms with E-state index < -0.39 is 6.10 Å². The first-order valence-corrected chi connectivity index (χ1v) is 7.90. The van der Waals surface area contributed by atoms with Gasteiger partial charge in [-0.2, -0.15) is 0 Å². The smallest absolute Gasteiger partial charge is 0.263 e. The number of carbonyl (C=O) groups excluding carboxylic acids is 1. The highest BCUT2D eigenvalue weighted by Gasteiger charge is 2.15. The SMILES string of the molecule is O=C(NCC(O)c1ccc(F)cc1)c1cnc(-c2ncccn2)s1. The molecule has 0 bridgehead atoms. The van der Waals surface area contributed by atoms with Gasteiger partial charge in [0.1, 0.15) is 10.7 Å². The Hall–Kier alpha value is -2.71. The summed E-state index contributed by atoms with van der Waals surface area (Å²) in [5.41, 5.74) is 0.527. The van der Waals surface area contributed by atoms with Crippen LogP contribution in [0, 0.1) is 5.82 Å². The number of carbonyl (C=O) groups is 1. The summed E-state index contributed by atoms with van der Waals surface area (Å²) in [6, 6.07) is 7.17. The number of thiazole rings is 1. The van der Waals surface area contributed by atoms with Crippen molar-refractivity contribution in [1.29, 1.82) is 0 Å². The molecule has 24 heavy (non-hydrogen) atoms. The van der Waals surface area contributed by atoms with E-state index in [2.05, 4.69) is 20.3 Å². The van der Waals surface area contributed by atoms with Gasteiger partial charge in [0.25, 0.3) is 5.91 Å². The standard InChI is InChI=1S/C16H13FN4O2S/c17-11-4-2-10(3-5-11)12(22)8-20-15(23)13-9-21-16(24-13)14-18-6-1-7-19-14/h1-7,9,12,22H,8H2,(H,20,23). The summed E-state index contributed by atoms with van der Waals surface area (Å²) in [6.45, 7) is 0.0134. The van der Waals surface area contributed by atoms with Gasteiger partial charge in [0, 0.05) is 18.9 Å². The van der Waals surface area contributed by atoms with E-state index >= 15 is 0 Å². The van der Waals surface area contributed by atoms with Crippen molar-refractivity contribution < 1.29 is 14.3 Å². The van der Waals surface area contributed by atoms with Gasteiger partial charge in [0.05, 0.1) is 12.3 Å². The van der Waals surface area contributed by atoms with Crippen LogP contribution in [-0.2, 0) is 0 Å². The number of hydrogen-bond acceptors (Lipinski definition) is 6. The van der Waals surface area contributed by atoms with Gasteiger partial charge in [-0.3, -0.25) is 4.79 Å². The number of halogens is 1. The van der Waals surface area contributed by atoms with Crippen LogP contribution in [0.3, 0.4) is 0 Å². The van der Waals surface area contributed by atoms with Gasteiger partial charge in [0.15, 0.2) is 10.8 Å². The molecule has 2 N–H and O–H groups in total. The number of hydrogen-bond donors (Lipinski definition) is 2. The molecule has 0 spiro atoms. The topological polar surface area (TPSA) is 88.0 Å². The highest BCUT2D eigenvalue weighted by molar-refractivity contribution is 7.16. The maximum absolute atomic E-state index is 12.9. The van der Waals surface area contributed by atoms with Crippen molar-refractivity contribution in [3.8, 4) is 10.8 Å². The molecule has 8 heteroatoms. The van der Waals surface area contributed by atoms with Crippen LogP contribution in [0.5, 0.6) is 0 Å². The fourth-order valence-corrected chi connectivity index (χ4v) is 2.75. The normalized spacial score (nSPS) is 11.9. The summed E-state index contributed by atoms with van der Waals surface area (Å²) in [6.07, 6.45) is 3.72. The van der Waals surface area contributed by atoms with Crippen molar-refractivity contribution in [3.63, 3.8) is 0 Å². The predicted molar refractivity (Wildman–Crippen MR) is 86.8 cm³/mol. The van der Waals surface area contributed by atoms with Crippen LogP contribution in [0.15, 0.2) is 48.9 Å². The summed E-state index contributed by atoms with van der Waals surface area (Å²) in [5, 5.41) is 13.2. The van der Waals surface area contributed by atoms with Crippen molar-refractivity contribution in [1.82, 2.24) is 20.3 Å². The minimum atomic E-state index is -0.917. The van der Waals surface area contributed by atoms with E-state index in [1.807, 2.05) is 0 Å². The second-order valence-electron chi connectivity index (χ2n) is 4.88. The lowest BCUT2D eigenvalue weighted by Crippen LogP contribution is -2.27. The zero-order valence-electron chi connectivity index (χ0n) is 12.4. The largest absolute Gasteiger partial charge is 0.387 e. The van der Waals surface area contributed by atoms with Crippen LogP contribution < -0.4 is 5.32 Å². The third-order valence-corrected chi connectivity index (χ3v) is 4.19. The summed E-state index contributed by atoms with van der Waals surface area (Å²) in [7, 11) is 0. The number of aromatic nitrogens is 3. The Morgan fingerprint density at radius 3 is 2.62 bits per heavy atom. The first-order chi connectivity index (χ1) is 11.6. The van der Waals surface area contributed by atoms with E-state index in [9.17, 15) is 14.3 Å². The van der Waals surface area contributed by atoms with E-state index in [1.54, 1.807) is 18.5 Å². The van der Waals surface area contributed by atoms with Gasteiger partial charge in [-0.15, -0.1) is 11.3 Å². The van der Waals surface area contributed by atoms with E-state index in [0.29, 0.717) is 21.3 Å². The second-order valence-corrected chi connectivity index (χ2v) is 5.91. The zero-order valence-corrected chi connectivity index (χ0v) is 13.2. The van der Waals surface area contributed by atoms with Crippen LogP contribution >= 0.6 is 11.3 Å². The molecule has 122 valence electrons. The molecular weight excluding hydrogens is 331 g/mol. The monoisotopic (exact) mass is 344 g/mol. The molecule has 3 rings (SSSR count). The van der Waals surface area contributed by atoms with Gasteiger partial charge < -0.3 is 10.4 Å². The maximum atomic E-state index is 12.9. The molecule has 1 aromatic carbocycles. The van der Waals surface area contributed by atoms with Crippen LogP contribution in [0.4, 0.5) is 4.39 Å². The van der Waals surface area contributed by atoms with Gasteiger partial charge in [0.2, 0.25) is 0 Å². The minimum absolute atomic E-state index is 0.0134. The van der Waals surface area contributed by atoms with E-state index in [0.717, 1.165) is 11.3 Å². The highest BCUT2D eigenvalue weighted by atomic mass is 32.1. The summed E-state index contributed by atoms with van der Waals surface area (Å²) in [4.78, 5) is 24.8. The van der Waals surface area contributed by atoms with Gasteiger partial charge in [-0.1, -0.05) is 12.1 Å². The molecular formula is C16H13FN4O2S. The summed E-state index contributed by atoms with van der Waals surface area (Å²) in [5.74, 6) is -0.279. The Labute approximate surface area is 141 Å². The molecule has 2 aromatic heterocycles. The molecule has 1 atom stereocenters. The lowest BCUT2D eigenvalue weighted by molar-refractivity contribution is 0.0920. The third kappa shape index (κ3) is 3.79. The van der Waals surface area contributed by atoms with Crippen molar-refractivity contribution >= 4 is 17.2 Å². The number of aliphatic hydroxyl groups is 1. The Kier molecular flexibility index (Phi) is 4.88. The second kappa shape index (κ2) is 7.24. The number of amides is 1. The first kappa shape index (κ1) is 16.2. The number of rotatable bonds is 5. The van der Waals surface area contributed by atoms with Crippen LogP contribution in [0.2, 0.25) is 0 Å². The van der Waals surface area contributed by atoms with E-state index in [-0.39, 0.29) is 18.3 Å². The van der Waals surface area contributed by atoms with Gasteiger partial charge in [-0.25, -0.2) is 19.3 Å². The molecule has 1 amide bonds. The fraction of sp³-hybridized carbons (Fsp3) is 0.125. The molecule has 1 unspecified atom stereocenters. The molecule has 0 radical (unpaired) electrons. The maximum Gasteiger partial charge on any atom is 0.263 e. The third-order valence-electron chi connectivity index (χ3n) is 3.20. The molecule has 6 nitrogen and oxygen atoms in total. The average Bonchev–Trinajstić information content (AvgIpc) is 3.11. The zero-order chi connectivity index (χ0) is 16.9. The van der Waals surface area contributed by atoms with E-state index in [1.165, 1.54) is 30.5 Å². The number of nitrogens with one attached hydrogen (secondary N) is 1. The first-order valence-electron chi connectivity index (χ1n) is 7.08. The average molecular weight is 344 g/mol. The Morgan fingerprint density at radius 2 is 1.92 bits per heavy atom. The van der Waals surface area contributed by atoms with Crippen molar-refractivity contribution in [3.05, 3.63) is 65.2 Å². The Balaban J connectivity index is 1.61. The van der Waals surface area contributed by atoms with Crippen molar-refractivity contribution in [2.75, 3.05) is 6.54 Å². The molecule has 0 aliphatic heterocycles. The van der Waals surface area contributed by atoms with Crippen molar-refractivity contribution in [2.24, 2.45) is 0 Å². The Bertz CT molecular complexity index is 824. The van der Waals surface area contributed by atoms with Gasteiger partial charge in [-0.05, 0) is 23.8 Å². The van der Waals surface area contributed by atoms with Crippen LogP contribution in [0.1, 0.15) is 21.3 Å². The molecule has 0 aliphatic rings. The number of benzene rings is 1. The van der Waals surface area contributed by atoms with Crippen LogP contribution in [0.25, 0.3) is 10.8 Å². The Morgan fingerprint density at radius 1 is 1.21 bits per heavy atom. The molecule has 0 saturated heterocycles. The number of nitrogens with zero attached hydrogens (tertiary/aromatic N) is 3. The molecule has 0 aliphatic carbocycles.